The van der Waals surface area contributed by atoms with Crippen molar-refractivity contribution in [3.05, 3.63) is 29.3 Å². The average molecular weight is 364 g/mol. The van der Waals surface area contributed by atoms with Crippen LogP contribution in [0.2, 0.25) is 0 Å². The van der Waals surface area contributed by atoms with Crippen LogP contribution in [0.3, 0.4) is 0 Å². The number of rotatable bonds is 6. The van der Waals surface area contributed by atoms with Gasteiger partial charge in [0.1, 0.15) is 5.75 Å². The van der Waals surface area contributed by atoms with Crippen molar-refractivity contribution < 1.29 is 9.53 Å². The zero-order chi connectivity index (χ0) is 16.9. The molecule has 1 amide bonds. The second-order valence-corrected chi connectivity index (χ2v) is 8.15. The number of anilines is 1. The first-order chi connectivity index (χ1) is 11.7. The normalized spacial score (nSPS) is 14.8. The molecule has 0 fully saturated rings. The number of aryl methyl sites for hydroxylation is 1. The van der Waals surface area contributed by atoms with Crippen molar-refractivity contribution in [3.8, 4) is 5.75 Å². The third kappa shape index (κ3) is 4.08. The molecule has 1 aliphatic rings. The topological polar surface area (TPSA) is 64.1 Å². The van der Waals surface area contributed by atoms with Gasteiger partial charge in [-0.1, -0.05) is 42.2 Å². The number of hydrogen-bond acceptors (Lipinski definition) is 6. The summed E-state index contributed by atoms with van der Waals surface area (Å²) < 4.78 is 6.80. The van der Waals surface area contributed by atoms with Crippen LogP contribution in [0.4, 0.5) is 5.13 Å². The monoisotopic (exact) mass is 363 g/mol. The Morgan fingerprint density at radius 1 is 1.38 bits per heavy atom. The Morgan fingerprint density at radius 3 is 3.04 bits per heavy atom. The van der Waals surface area contributed by atoms with Gasteiger partial charge in [0.15, 0.2) is 10.4 Å². The van der Waals surface area contributed by atoms with Gasteiger partial charge < -0.3 is 4.74 Å². The molecular weight excluding hydrogens is 342 g/mol. The number of thioether (sulfide) groups is 1. The van der Waals surface area contributed by atoms with E-state index in [0.29, 0.717) is 5.13 Å². The molecule has 0 spiro atoms. The molecule has 1 heterocycles. The molecule has 1 aromatic heterocycles. The van der Waals surface area contributed by atoms with E-state index in [1.807, 2.05) is 12.1 Å². The minimum absolute atomic E-state index is 0.201. The lowest BCUT2D eigenvalue weighted by Crippen LogP contribution is -2.30. The van der Waals surface area contributed by atoms with E-state index in [1.165, 1.54) is 35.3 Å². The summed E-state index contributed by atoms with van der Waals surface area (Å²) in [5.74, 6) is 1.56. The van der Waals surface area contributed by atoms with Crippen LogP contribution < -0.4 is 10.1 Å². The zero-order valence-electron chi connectivity index (χ0n) is 13.9. The third-order valence-corrected chi connectivity index (χ3v) is 5.78. The molecule has 1 aliphatic carbocycles. The fraction of sp³-hybridized carbons (Fsp3) is 0.471. The number of fused-ring (bicyclic) bond motifs is 1. The summed E-state index contributed by atoms with van der Waals surface area (Å²) in [5.41, 5.74) is 2.60. The van der Waals surface area contributed by atoms with Crippen LogP contribution in [0, 0.1) is 0 Å². The lowest BCUT2D eigenvalue weighted by atomic mass is 9.91. The van der Waals surface area contributed by atoms with E-state index in [2.05, 4.69) is 28.5 Å². The van der Waals surface area contributed by atoms with Crippen molar-refractivity contribution in [1.82, 2.24) is 10.2 Å². The number of carbonyl (C=O) groups excluding carboxylic acids is 1. The Hall–Kier alpha value is -1.60. The number of benzene rings is 1. The Bertz CT molecular complexity index is 718. The first-order valence-corrected chi connectivity index (χ1v) is 10.0. The molecule has 5 nitrogen and oxygen atoms in total. The van der Waals surface area contributed by atoms with E-state index in [4.69, 9.17) is 4.74 Å². The van der Waals surface area contributed by atoms with Gasteiger partial charge in [0.2, 0.25) is 5.13 Å². The molecule has 0 saturated carbocycles. The number of nitrogens with zero attached hydrogens (tertiary/aromatic N) is 2. The molecular formula is C17H21N3O2S2. The van der Waals surface area contributed by atoms with E-state index in [0.717, 1.165) is 28.7 Å². The fourth-order valence-corrected chi connectivity index (χ4v) is 4.40. The third-order valence-electron chi connectivity index (χ3n) is 3.93. The zero-order valence-corrected chi connectivity index (χ0v) is 15.5. The SMILES string of the molecule is CCSc1nnc(NC(=O)C(C)Oc2cccc3c2CCCC3)s1. The van der Waals surface area contributed by atoms with Gasteiger partial charge in [0, 0.05) is 0 Å². The van der Waals surface area contributed by atoms with Crippen LogP contribution in [0.25, 0.3) is 0 Å². The summed E-state index contributed by atoms with van der Waals surface area (Å²) in [4.78, 5) is 12.3. The Labute approximate surface area is 150 Å². The summed E-state index contributed by atoms with van der Waals surface area (Å²) in [7, 11) is 0. The second-order valence-electron chi connectivity index (χ2n) is 5.66. The molecule has 2 aromatic rings. The van der Waals surface area contributed by atoms with E-state index in [-0.39, 0.29) is 5.91 Å². The highest BCUT2D eigenvalue weighted by atomic mass is 32.2. The molecule has 1 aromatic carbocycles. The van der Waals surface area contributed by atoms with Crippen molar-refractivity contribution in [2.75, 3.05) is 11.1 Å². The largest absolute Gasteiger partial charge is 0.481 e. The predicted octanol–water partition coefficient (Wildman–Crippen LogP) is 3.93. The Kier molecular flexibility index (Phi) is 5.73. The first kappa shape index (κ1) is 17.2. The van der Waals surface area contributed by atoms with E-state index in [9.17, 15) is 4.79 Å². The lowest BCUT2D eigenvalue weighted by Gasteiger charge is -2.21. The van der Waals surface area contributed by atoms with Crippen molar-refractivity contribution in [3.63, 3.8) is 0 Å². The molecule has 1 unspecified atom stereocenters. The van der Waals surface area contributed by atoms with Crippen LogP contribution in [0.15, 0.2) is 22.5 Å². The van der Waals surface area contributed by atoms with Gasteiger partial charge in [0.05, 0.1) is 0 Å². The molecule has 0 saturated heterocycles. The highest BCUT2D eigenvalue weighted by Crippen LogP contribution is 2.30. The molecule has 1 atom stereocenters. The summed E-state index contributed by atoms with van der Waals surface area (Å²) in [6.07, 6.45) is 3.94. The smallest absolute Gasteiger partial charge is 0.266 e. The number of amides is 1. The molecule has 0 radical (unpaired) electrons. The van der Waals surface area contributed by atoms with Crippen molar-refractivity contribution in [1.29, 1.82) is 0 Å². The minimum Gasteiger partial charge on any atom is -0.481 e. The average Bonchev–Trinajstić information content (AvgIpc) is 3.02. The quantitative estimate of drug-likeness (QED) is 0.622. The molecule has 0 aliphatic heterocycles. The van der Waals surface area contributed by atoms with Crippen LogP contribution in [0.5, 0.6) is 5.75 Å². The van der Waals surface area contributed by atoms with Crippen molar-refractivity contribution in [2.45, 2.75) is 50.0 Å². The minimum atomic E-state index is -0.579. The Morgan fingerprint density at radius 2 is 2.21 bits per heavy atom. The highest BCUT2D eigenvalue weighted by molar-refractivity contribution is 8.01. The van der Waals surface area contributed by atoms with E-state index in [1.54, 1.807) is 18.7 Å². The highest BCUT2D eigenvalue weighted by Gasteiger charge is 2.20. The number of aromatic nitrogens is 2. The molecule has 0 bridgehead atoms. The number of ether oxygens (including phenoxy) is 1. The van der Waals surface area contributed by atoms with Gasteiger partial charge in [-0.15, -0.1) is 10.2 Å². The summed E-state index contributed by atoms with van der Waals surface area (Å²) >= 11 is 3.00. The van der Waals surface area contributed by atoms with Crippen LogP contribution in [0.1, 0.15) is 37.8 Å². The second kappa shape index (κ2) is 7.98. The molecule has 7 heteroatoms. The van der Waals surface area contributed by atoms with Gasteiger partial charge >= 0.3 is 0 Å². The van der Waals surface area contributed by atoms with E-state index >= 15 is 0 Å². The predicted molar refractivity (Wildman–Crippen MR) is 98.1 cm³/mol. The first-order valence-electron chi connectivity index (χ1n) is 8.22. The Balaban J connectivity index is 1.64. The number of carbonyl (C=O) groups is 1. The van der Waals surface area contributed by atoms with Crippen LogP contribution in [-0.2, 0) is 17.6 Å². The van der Waals surface area contributed by atoms with Crippen molar-refractivity contribution >= 4 is 34.1 Å². The summed E-state index contributed by atoms with van der Waals surface area (Å²) in [6.45, 7) is 3.82. The van der Waals surface area contributed by atoms with Crippen LogP contribution in [-0.4, -0.2) is 28.0 Å². The van der Waals surface area contributed by atoms with Gasteiger partial charge in [-0.05, 0) is 55.6 Å². The molecule has 128 valence electrons. The molecule has 24 heavy (non-hydrogen) atoms. The summed E-state index contributed by atoms with van der Waals surface area (Å²) in [6, 6.07) is 6.11. The van der Waals surface area contributed by atoms with Crippen molar-refractivity contribution in [2.24, 2.45) is 0 Å². The summed E-state index contributed by atoms with van der Waals surface area (Å²) in [5, 5.41) is 11.3. The van der Waals surface area contributed by atoms with Gasteiger partial charge in [-0.2, -0.15) is 0 Å². The maximum absolute atomic E-state index is 12.3. The maximum Gasteiger partial charge on any atom is 0.266 e. The van der Waals surface area contributed by atoms with Gasteiger partial charge in [0.25, 0.3) is 5.91 Å². The molecule has 1 N–H and O–H groups in total. The molecule has 3 rings (SSSR count). The number of hydrogen-bond donors (Lipinski definition) is 1. The standard InChI is InChI=1S/C17H21N3O2S2/c1-3-23-17-20-19-16(24-17)18-15(21)11(2)22-14-10-6-8-12-7-4-5-9-13(12)14/h6,8,10-11H,3-5,7,9H2,1-2H3,(H,18,19,21). The van der Waals surface area contributed by atoms with E-state index < -0.39 is 6.10 Å². The maximum atomic E-state index is 12.3. The number of nitrogens with one attached hydrogen (secondary N) is 1. The fourth-order valence-electron chi connectivity index (χ4n) is 2.75. The van der Waals surface area contributed by atoms with Crippen LogP contribution >= 0.6 is 23.1 Å². The van der Waals surface area contributed by atoms with Gasteiger partial charge in [-0.25, -0.2) is 0 Å². The lowest BCUT2D eigenvalue weighted by molar-refractivity contribution is -0.122. The van der Waals surface area contributed by atoms with Gasteiger partial charge in [-0.3, -0.25) is 10.1 Å².